The molecule has 0 unspecified atom stereocenters. The molecule has 0 aliphatic heterocycles. The Morgan fingerprint density at radius 3 is 2.58 bits per heavy atom. The van der Waals surface area contributed by atoms with Crippen LogP contribution in [0.3, 0.4) is 0 Å². The number of terminal acetylenes is 1. The molecule has 1 aromatic carbocycles. The van der Waals surface area contributed by atoms with Crippen LogP contribution in [0.15, 0.2) is 24.3 Å². The Morgan fingerprint density at radius 2 is 2.00 bits per heavy atom. The van der Waals surface area contributed by atoms with Crippen LogP contribution in [0, 0.1) is 22.5 Å². The number of carbonyl (C=O) groups excluding carboxylic acids is 1. The second-order valence-electron chi connectivity index (χ2n) is 3.85. The first-order chi connectivity index (χ1) is 9.13. The average Bonchev–Trinajstić information content (AvgIpc) is 2.39. The normalized spacial score (nSPS) is 9.42. The minimum absolute atomic E-state index is 0.0137. The van der Waals surface area contributed by atoms with E-state index in [0.717, 1.165) is 12.8 Å². The number of anilines is 1. The number of rotatable bonds is 6. The molecule has 0 atom stereocenters. The number of nitrogens with one attached hydrogen (secondary N) is 2. The zero-order valence-corrected chi connectivity index (χ0v) is 10.4. The third-order valence-corrected chi connectivity index (χ3v) is 2.37. The molecule has 0 aromatic heterocycles. The summed E-state index contributed by atoms with van der Waals surface area (Å²) in [4.78, 5) is 21.4. The molecular formula is C13H15N3O3. The molecule has 0 aliphatic carbocycles. The van der Waals surface area contributed by atoms with Gasteiger partial charge in [0.05, 0.1) is 4.92 Å². The van der Waals surface area contributed by atoms with Gasteiger partial charge in [0.25, 0.3) is 5.69 Å². The maximum atomic E-state index is 11.5. The number of hydrogen-bond acceptors (Lipinski definition) is 3. The van der Waals surface area contributed by atoms with E-state index in [9.17, 15) is 14.9 Å². The summed E-state index contributed by atoms with van der Waals surface area (Å²) in [6.07, 6.45) is 7.50. The highest BCUT2D eigenvalue weighted by Gasteiger charge is 2.05. The van der Waals surface area contributed by atoms with Crippen molar-refractivity contribution in [1.29, 1.82) is 0 Å². The van der Waals surface area contributed by atoms with Gasteiger partial charge in [-0.3, -0.25) is 10.1 Å². The Morgan fingerprint density at radius 1 is 1.32 bits per heavy atom. The van der Waals surface area contributed by atoms with E-state index in [4.69, 9.17) is 6.42 Å². The first kappa shape index (κ1) is 14.5. The van der Waals surface area contributed by atoms with Gasteiger partial charge in [-0.2, -0.15) is 0 Å². The third-order valence-electron chi connectivity index (χ3n) is 2.37. The molecule has 0 saturated heterocycles. The van der Waals surface area contributed by atoms with Crippen molar-refractivity contribution in [2.24, 2.45) is 0 Å². The first-order valence-electron chi connectivity index (χ1n) is 5.86. The van der Waals surface area contributed by atoms with Crippen LogP contribution in [-0.4, -0.2) is 17.5 Å². The fourth-order valence-corrected chi connectivity index (χ4v) is 1.40. The molecule has 1 rings (SSSR count). The van der Waals surface area contributed by atoms with Crippen molar-refractivity contribution >= 4 is 17.4 Å². The van der Waals surface area contributed by atoms with Crippen LogP contribution >= 0.6 is 0 Å². The lowest BCUT2D eigenvalue weighted by Crippen LogP contribution is -2.29. The van der Waals surface area contributed by atoms with Crippen LogP contribution in [0.5, 0.6) is 0 Å². The predicted molar refractivity (Wildman–Crippen MR) is 72.8 cm³/mol. The predicted octanol–water partition coefficient (Wildman–Crippen LogP) is 2.52. The zero-order chi connectivity index (χ0) is 14.1. The minimum Gasteiger partial charge on any atom is -0.338 e. The SMILES string of the molecule is C#CCCCCNC(=O)Nc1ccc([N+](=O)[O-])cc1. The second-order valence-corrected chi connectivity index (χ2v) is 3.85. The fourth-order valence-electron chi connectivity index (χ4n) is 1.40. The number of non-ortho nitro benzene ring substituents is 1. The van der Waals surface area contributed by atoms with Gasteiger partial charge in [-0.15, -0.1) is 12.3 Å². The Balaban J connectivity index is 2.32. The number of nitrogens with zero attached hydrogens (tertiary/aromatic N) is 1. The summed E-state index contributed by atoms with van der Waals surface area (Å²) in [6, 6.07) is 5.30. The smallest absolute Gasteiger partial charge is 0.319 e. The molecule has 6 heteroatoms. The standard InChI is InChI=1S/C13H15N3O3/c1-2-3-4-5-10-14-13(17)15-11-6-8-12(9-7-11)16(18)19/h1,6-9H,3-5,10H2,(H2,14,15,17). The summed E-state index contributed by atoms with van der Waals surface area (Å²) in [7, 11) is 0. The number of amides is 2. The maximum absolute atomic E-state index is 11.5. The van der Waals surface area contributed by atoms with Gasteiger partial charge in [-0.1, -0.05) is 0 Å². The van der Waals surface area contributed by atoms with E-state index in [0.29, 0.717) is 18.7 Å². The van der Waals surface area contributed by atoms with Crippen molar-refractivity contribution in [3.05, 3.63) is 34.4 Å². The molecule has 19 heavy (non-hydrogen) atoms. The number of benzene rings is 1. The van der Waals surface area contributed by atoms with Crippen LogP contribution in [-0.2, 0) is 0 Å². The van der Waals surface area contributed by atoms with E-state index < -0.39 is 4.92 Å². The molecular weight excluding hydrogens is 246 g/mol. The Kier molecular flexibility index (Phi) is 5.89. The molecule has 0 bridgehead atoms. The van der Waals surface area contributed by atoms with Crippen molar-refractivity contribution in [1.82, 2.24) is 5.32 Å². The van der Waals surface area contributed by atoms with Gasteiger partial charge in [0.1, 0.15) is 0 Å². The van der Waals surface area contributed by atoms with Crippen molar-refractivity contribution in [3.63, 3.8) is 0 Å². The molecule has 6 nitrogen and oxygen atoms in total. The van der Waals surface area contributed by atoms with Gasteiger partial charge >= 0.3 is 6.03 Å². The van der Waals surface area contributed by atoms with E-state index in [2.05, 4.69) is 16.6 Å². The van der Waals surface area contributed by atoms with Crippen molar-refractivity contribution in [3.8, 4) is 12.3 Å². The van der Waals surface area contributed by atoms with Gasteiger partial charge in [-0.25, -0.2) is 4.79 Å². The molecule has 0 heterocycles. The van der Waals surface area contributed by atoms with E-state index in [1.807, 2.05) is 0 Å². The Labute approximate surface area is 111 Å². The second kappa shape index (κ2) is 7.71. The van der Waals surface area contributed by atoms with Crippen molar-refractivity contribution in [2.45, 2.75) is 19.3 Å². The van der Waals surface area contributed by atoms with Crippen LogP contribution in [0.1, 0.15) is 19.3 Å². The van der Waals surface area contributed by atoms with E-state index >= 15 is 0 Å². The number of hydrogen-bond donors (Lipinski definition) is 2. The van der Waals surface area contributed by atoms with E-state index in [1.54, 1.807) is 0 Å². The van der Waals surface area contributed by atoms with Crippen LogP contribution < -0.4 is 10.6 Å². The van der Waals surface area contributed by atoms with Gasteiger partial charge in [0.15, 0.2) is 0 Å². The topological polar surface area (TPSA) is 84.3 Å². The molecule has 100 valence electrons. The van der Waals surface area contributed by atoms with Gasteiger partial charge in [-0.05, 0) is 25.0 Å². The molecule has 0 radical (unpaired) electrons. The van der Waals surface area contributed by atoms with Crippen molar-refractivity contribution in [2.75, 3.05) is 11.9 Å². The molecule has 0 spiro atoms. The van der Waals surface area contributed by atoms with Crippen molar-refractivity contribution < 1.29 is 9.72 Å². The molecule has 2 N–H and O–H groups in total. The summed E-state index contributed by atoms with van der Waals surface area (Å²) in [5.41, 5.74) is 0.493. The highest BCUT2D eigenvalue weighted by Crippen LogP contribution is 2.15. The largest absolute Gasteiger partial charge is 0.338 e. The van der Waals surface area contributed by atoms with Gasteiger partial charge in [0.2, 0.25) is 0 Å². The number of nitro benzene ring substituents is 1. The lowest BCUT2D eigenvalue weighted by atomic mass is 10.2. The minimum atomic E-state index is -0.491. The summed E-state index contributed by atoms with van der Waals surface area (Å²) in [5.74, 6) is 2.53. The highest BCUT2D eigenvalue weighted by molar-refractivity contribution is 5.89. The van der Waals surface area contributed by atoms with Crippen LogP contribution in [0.2, 0.25) is 0 Å². The lowest BCUT2D eigenvalue weighted by Gasteiger charge is -2.06. The molecule has 0 aliphatic rings. The average molecular weight is 261 g/mol. The number of nitro groups is 1. The number of unbranched alkanes of at least 4 members (excludes halogenated alkanes) is 2. The number of carbonyl (C=O) groups is 1. The molecule has 1 aromatic rings. The fraction of sp³-hybridized carbons (Fsp3) is 0.308. The lowest BCUT2D eigenvalue weighted by molar-refractivity contribution is -0.384. The Hall–Kier alpha value is -2.55. The molecule has 2 amide bonds. The summed E-state index contributed by atoms with van der Waals surface area (Å²) < 4.78 is 0. The third kappa shape index (κ3) is 5.55. The Bertz CT molecular complexity index is 477. The van der Waals surface area contributed by atoms with Crippen LogP contribution in [0.4, 0.5) is 16.2 Å². The van der Waals surface area contributed by atoms with E-state index in [-0.39, 0.29) is 11.7 Å². The summed E-state index contributed by atoms with van der Waals surface area (Å²) in [6.45, 7) is 0.542. The van der Waals surface area contributed by atoms with E-state index in [1.165, 1.54) is 24.3 Å². The summed E-state index contributed by atoms with van der Waals surface area (Å²) >= 11 is 0. The maximum Gasteiger partial charge on any atom is 0.319 e. The summed E-state index contributed by atoms with van der Waals surface area (Å²) in [5, 5.41) is 15.7. The van der Waals surface area contributed by atoms with Gasteiger partial charge < -0.3 is 10.6 Å². The number of urea groups is 1. The highest BCUT2D eigenvalue weighted by atomic mass is 16.6. The quantitative estimate of drug-likeness (QED) is 0.357. The monoisotopic (exact) mass is 261 g/mol. The van der Waals surface area contributed by atoms with Crippen LogP contribution in [0.25, 0.3) is 0 Å². The zero-order valence-electron chi connectivity index (χ0n) is 10.4. The van der Waals surface area contributed by atoms with Gasteiger partial charge in [0, 0.05) is 30.8 Å². The molecule has 0 saturated carbocycles. The molecule has 0 fully saturated rings. The first-order valence-corrected chi connectivity index (χ1v) is 5.86.